The van der Waals surface area contributed by atoms with Gasteiger partial charge in [-0.15, -0.1) is 0 Å². The minimum Gasteiger partial charge on any atom is -0.381 e. The maximum Gasteiger partial charge on any atom is 0.135 e. The van der Waals surface area contributed by atoms with Crippen molar-refractivity contribution in [3.63, 3.8) is 0 Å². The van der Waals surface area contributed by atoms with E-state index >= 15 is 0 Å². The summed E-state index contributed by atoms with van der Waals surface area (Å²) in [5, 5.41) is 0. The fourth-order valence-electron chi connectivity index (χ4n) is 2.86. The molecule has 2 nitrogen and oxygen atoms in total. The van der Waals surface area contributed by atoms with Crippen LogP contribution in [0.1, 0.15) is 33.1 Å². The van der Waals surface area contributed by atoms with Crippen molar-refractivity contribution in [1.82, 2.24) is 0 Å². The summed E-state index contributed by atoms with van der Waals surface area (Å²) in [6, 6.07) is 0. The third kappa shape index (κ3) is 1.41. The van der Waals surface area contributed by atoms with Crippen LogP contribution in [-0.4, -0.2) is 19.0 Å². The largest absolute Gasteiger partial charge is 0.381 e. The summed E-state index contributed by atoms with van der Waals surface area (Å²) in [6.45, 7) is 4.54. The van der Waals surface area contributed by atoms with E-state index in [0.717, 1.165) is 18.8 Å². The lowest BCUT2D eigenvalue weighted by Crippen LogP contribution is -2.16. The Labute approximate surface area is 79.7 Å². The summed E-state index contributed by atoms with van der Waals surface area (Å²) >= 11 is 0. The van der Waals surface area contributed by atoms with E-state index in [4.69, 9.17) is 4.74 Å². The number of rotatable bonds is 1. The number of carbonyl (C=O) groups excluding carboxylic acids is 1. The molecule has 2 heteroatoms. The summed E-state index contributed by atoms with van der Waals surface area (Å²) in [5.74, 6) is 1.76. The van der Waals surface area contributed by atoms with Crippen LogP contribution in [0.2, 0.25) is 0 Å². The number of carbonyl (C=O) groups is 1. The maximum atomic E-state index is 11.5. The number of ether oxygens (including phenoxy) is 1. The normalized spacial score (nSPS) is 42.4. The molecule has 0 heterocycles. The van der Waals surface area contributed by atoms with Crippen molar-refractivity contribution in [1.29, 1.82) is 0 Å². The van der Waals surface area contributed by atoms with Crippen LogP contribution in [0.5, 0.6) is 0 Å². The maximum absolute atomic E-state index is 11.5. The van der Waals surface area contributed by atoms with Crippen LogP contribution in [-0.2, 0) is 9.53 Å². The molecule has 0 aromatic rings. The average molecular weight is 182 g/mol. The first-order valence-corrected chi connectivity index (χ1v) is 5.10. The average Bonchev–Trinajstić information content (AvgIpc) is 2.61. The molecule has 2 aliphatic carbocycles. The summed E-state index contributed by atoms with van der Waals surface area (Å²) in [5.41, 5.74) is 0.396. The van der Waals surface area contributed by atoms with Gasteiger partial charge in [0.05, 0.1) is 6.10 Å². The first-order chi connectivity index (χ1) is 6.05. The standard InChI is InChI=1S/C11H18O2/c1-11(2)9-5-7(12)4-8(13-3)6-10(9)11/h8-10H,4-6H2,1-3H3/t8?,9-,10+/m0/s1. The molecule has 13 heavy (non-hydrogen) atoms. The molecule has 2 saturated carbocycles. The molecule has 0 aromatic carbocycles. The lowest BCUT2D eigenvalue weighted by Gasteiger charge is -2.14. The Hall–Kier alpha value is -0.370. The molecule has 74 valence electrons. The van der Waals surface area contributed by atoms with E-state index in [2.05, 4.69) is 13.8 Å². The Bertz CT molecular complexity index is 232. The van der Waals surface area contributed by atoms with E-state index in [1.54, 1.807) is 7.11 Å². The molecular weight excluding hydrogens is 164 g/mol. The van der Waals surface area contributed by atoms with Gasteiger partial charge in [-0.25, -0.2) is 0 Å². The third-order valence-electron chi connectivity index (χ3n) is 4.04. The van der Waals surface area contributed by atoms with Gasteiger partial charge in [0.1, 0.15) is 5.78 Å². The highest BCUT2D eigenvalue weighted by molar-refractivity contribution is 5.80. The predicted molar refractivity (Wildman–Crippen MR) is 50.4 cm³/mol. The molecule has 0 spiro atoms. The molecule has 2 aliphatic rings. The van der Waals surface area contributed by atoms with Crippen LogP contribution in [0.25, 0.3) is 0 Å². The first-order valence-electron chi connectivity index (χ1n) is 5.10. The zero-order valence-electron chi connectivity index (χ0n) is 8.67. The number of methoxy groups -OCH3 is 1. The van der Waals surface area contributed by atoms with Gasteiger partial charge in [-0.2, -0.15) is 0 Å². The zero-order chi connectivity index (χ0) is 9.64. The molecule has 0 aromatic heterocycles. The van der Waals surface area contributed by atoms with Gasteiger partial charge in [0.15, 0.2) is 0 Å². The Balaban J connectivity index is 2.08. The fourth-order valence-corrected chi connectivity index (χ4v) is 2.86. The minimum atomic E-state index is 0.185. The summed E-state index contributed by atoms with van der Waals surface area (Å²) in [4.78, 5) is 11.5. The van der Waals surface area contributed by atoms with Crippen molar-refractivity contribution in [3.8, 4) is 0 Å². The van der Waals surface area contributed by atoms with Crippen molar-refractivity contribution in [2.45, 2.75) is 39.2 Å². The zero-order valence-corrected chi connectivity index (χ0v) is 8.67. The van der Waals surface area contributed by atoms with Crippen LogP contribution in [0, 0.1) is 17.3 Å². The molecule has 0 amide bonds. The smallest absolute Gasteiger partial charge is 0.135 e. The SMILES string of the molecule is COC1CC(=O)C[C@H]2[C@@H](C1)C2(C)C. The molecular formula is C11H18O2. The summed E-state index contributed by atoms with van der Waals surface area (Å²) in [6.07, 6.45) is 2.70. The van der Waals surface area contributed by atoms with E-state index in [-0.39, 0.29) is 6.10 Å². The Morgan fingerprint density at radius 2 is 2.00 bits per heavy atom. The highest BCUT2D eigenvalue weighted by Crippen LogP contribution is 2.63. The summed E-state index contributed by atoms with van der Waals surface area (Å²) < 4.78 is 5.31. The van der Waals surface area contributed by atoms with Gasteiger partial charge in [-0.1, -0.05) is 13.8 Å². The van der Waals surface area contributed by atoms with Gasteiger partial charge in [-0.3, -0.25) is 4.79 Å². The molecule has 2 fully saturated rings. The number of ketones is 1. The molecule has 1 unspecified atom stereocenters. The fraction of sp³-hybridized carbons (Fsp3) is 0.909. The molecule has 0 aliphatic heterocycles. The minimum absolute atomic E-state index is 0.185. The lowest BCUT2D eigenvalue weighted by atomic mass is 9.99. The van der Waals surface area contributed by atoms with Crippen LogP contribution in [0.4, 0.5) is 0 Å². The van der Waals surface area contributed by atoms with Gasteiger partial charge in [0.25, 0.3) is 0 Å². The third-order valence-corrected chi connectivity index (χ3v) is 4.04. The van der Waals surface area contributed by atoms with Crippen molar-refractivity contribution in [2.24, 2.45) is 17.3 Å². The molecule has 2 rings (SSSR count). The van der Waals surface area contributed by atoms with Crippen molar-refractivity contribution < 1.29 is 9.53 Å². The molecule has 3 atom stereocenters. The second-order valence-electron chi connectivity index (χ2n) is 5.07. The molecule has 0 radical (unpaired) electrons. The van der Waals surface area contributed by atoms with Gasteiger partial charge >= 0.3 is 0 Å². The quantitative estimate of drug-likeness (QED) is 0.620. The van der Waals surface area contributed by atoms with Crippen LogP contribution < -0.4 is 0 Å². The van der Waals surface area contributed by atoms with Crippen molar-refractivity contribution in [2.75, 3.05) is 7.11 Å². The van der Waals surface area contributed by atoms with Gasteiger partial charge in [0, 0.05) is 20.0 Å². The molecule has 0 bridgehead atoms. The van der Waals surface area contributed by atoms with Gasteiger partial charge < -0.3 is 4.74 Å². The Morgan fingerprint density at radius 3 is 2.62 bits per heavy atom. The van der Waals surface area contributed by atoms with Crippen molar-refractivity contribution >= 4 is 5.78 Å². The van der Waals surface area contributed by atoms with E-state index in [1.165, 1.54) is 0 Å². The number of hydrogen-bond acceptors (Lipinski definition) is 2. The second kappa shape index (κ2) is 2.81. The Kier molecular flexibility index (Phi) is 1.99. The molecule has 0 N–H and O–H groups in total. The Morgan fingerprint density at radius 1 is 1.31 bits per heavy atom. The highest BCUT2D eigenvalue weighted by atomic mass is 16.5. The van der Waals surface area contributed by atoms with E-state index < -0.39 is 0 Å². The van der Waals surface area contributed by atoms with E-state index in [0.29, 0.717) is 23.5 Å². The topological polar surface area (TPSA) is 26.3 Å². The second-order valence-corrected chi connectivity index (χ2v) is 5.07. The monoisotopic (exact) mass is 182 g/mol. The number of hydrogen-bond donors (Lipinski definition) is 0. The predicted octanol–water partition coefficient (Wildman–Crippen LogP) is 2.03. The van der Waals surface area contributed by atoms with Gasteiger partial charge in [0.2, 0.25) is 0 Å². The lowest BCUT2D eigenvalue weighted by molar-refractivity contribution is -0.121. The van der Waals surface area contributed by atoms with Gasteiger partial charge in [-0.05, 0) is 23.7 Å². The van der Waals surface area contributed by atoms with E-state index in [1.807, 2.05) is 0 Å². The number of fused-ring (bicyclic) bond motifs is 1. The summed E-state index contributed by atoms with van der Waals surface area (Å²) in [7, 11) is 1.72. The van der Waals surface area contributed by atoms with Crippen LogP contribution in [0.3, 0.4) is 0 Å². The number of Topliss-reactive ketones (excluding diaryl/α,β-unsaturated/α-hetero) is 1. The van der Waals surface area contributed by atoms with Crippen molar-refractivity contribution in [3.05, 3.63) is 0 Å². The van der Waals surface area contributed by atoms with Crippen LogP contribution in [0.15, 0.2) is 0 Å². The van der Waals surface area contributed by atoms with Crippen LogP contribution >= 0.6 is 0 Å². The molecule has 0 saturated heterocycles. The first kappa shape index (κ1) is 9.20. The highest BCUT2D eigenvalue weighted by Gasteiger charge is 2.59. The van der Waals surface area contributed by atoms with E-state index in [9.17, 15) is 4.79 Å².